The van der Waals surface area contributed by atoms with Gasteiger partial charge in [0.15, 0.2) is 0 Å². The van der Waals surface area contributed by atoms with Crippen molar-refractivity contribution in [1.29, 1.82) is 0 Å². The third-order valence-corrected chi connectivity index (χ3v) is 3.70. The number of hydrogen-bond donors (Lipinski definition) is 2. The van der Waals surface area contributed by atoms with Crippen molar-refractivity contribution in [1.82, 2.24) is 0 Å². The van der Waals surface area contributed by atoms with Crippen molar-refractivity contribution in [3.05, 3.63) is 71.5 Å². The summed E-state index contributed by atoms with van der Waals surface area (Å²) >= 11 is 0. The average Bonchev–Trinajstić information content (AvgIpc) is 2.46. The Bertz CT molecular complexity index is 668. The molecule has 0 saturated heterocycles. The van der Waals surface area contributed by atoms with Crippen molar-refractivity contribution in [2.75, 3.05) is 0 Å². The SMILES string of the molecule is NC1=CCCC=C1C(N)c1ccc2ccccc2c1. The lowest BCUT2D eigenvalue weighted by Gasteiger charge is -2.20. The molecule has 0 aromatic heterocycles. The van der Waals surface area contributed by atoms with Gasteiger partial charge in [0.1, 0.15) is 0 Å². The van der Waals surface area contributed by atoms with Crippen molar-refractivity contribution < 1.29 is 0 Å². The van der Waals surface area contributed by atoms with E-state index in [0.717, 1.165) is 29.7 Å². The molecule has 3 rings (SSSR count). The quantitative estimate of drug-likeness (QED) is 0.858. The van der Waals surface area contributed by atoms with E-state index >= 15 is 0 Å². The zero-order valence-electron chi connectivity index (χ0n) is 10.8. The van der Waals surface area contributed by atoms with Gasteiger partial charge in [-0.15, -0.1) is 0 Å². The van der Waals surface area contributed by atoms with Gasteiger partial charge in [-0.2, -0.15) is 0 Å². The van der Waals surface area contributed by atoms with Crippen molar-refractivity contribution >= 4 is 10.8 Å². The van der Waals surface area contributed by atoms with Crippen molar-refractivity contribution in [2.24, 2.45) is 11.5 Å². The molecule has 2 heteroatoms. The summed E-state index contributed by atoms with van der Waals surface area (Å²) in [6, 6.07) is 14.5. The molecule has 0 fully saturated rings. The standard InChI is InChI=1S/C17H18N2/c18-16-8-4-3-7-15(16)17(19)14-10-9-12-5-1-2-6-13(12)11-14/h1-2,5-11,17H,3-4,18-19H2. The summed E-state index contributed by atoms with van der Waals surface area (Å²) in [5.74, 6) is 0. The summed E-state index contributed by atoms with van der Waals surface area (Å²) in [5, 5.41) is 2.45. The first-order valence-corrected chi connectivity index (χ1v) is 6.66. The van der Waals surface area contributed by atoms with Crippen molar-refractivity contribution in [3.63, 3.8) is 0 Å². The first kappa shape index (κ1) is 12.0. The van der Waals surface area contributed by atoms with Crippen LogP contribution in [0.15, 0.2) is 65.9 Å². The normalized spacial score (nSPS) is 16.9. The highest BCUT2D eigenvalue weighted by molar-refractivity contribution is 5.83. The number of nitrogens with two attached hydrogens (primary N) is 2. The topological polar surface area (TPSA) is 52.0 Å². The van der Waals surface area contributed by atoms with Crippen LogP contribution < -0.4 is 11.5 Å². The highest BCUT2D eigenvalue weighted by atomic mass is 14.7. The minimum atomic E-state index is -0.138. The van der Waals surface area contributed by atoms with Gasteiger partial charge in [0.2, 0.25) is 0 Å². The zero-order chi connectivity index (χ0) is 13.2. The summed E-state index contributed by atoms with van der Waals surface area (Å²) in [5.41, 5.74) is 15.4. The second-order valence-electron chi connectivity index (χ2n) is 4.98. The van der Waals surface area contributed by atoms with Crippen LogP contribution in [0.1, 0.15) is 24.4 Å². The molecule has 0 aliphatic heterocycles. The molecule has 2 aromatic carbocycles. The number of rotatable bonds is 2. The Morgan fingerprint density at radius 2 is 1.63 bits per heavy atom. The van der Waals surface area contributed by atoms with E-state index < -0.39 is 0 Å². The van der Waals surface area contributed by atoms with E-state index in [4.69, 9.17) is 11.5 Å². The number of hydrogen-bond acceptors (Lipinski definition) is 2. The smallest absolute Gasteiger partial charge is 0.0568 e. The molecule has 0 spiro atoms. The molecular weight excluding hydrogens is 232 g/mol. The lowest BCUT2D eigenvalue weighted by atomic mass is 9.91. The minimum Gasteiger partial charge on any atom is -0.399 e. The van der Waals surface area contributed by atoms with Crippen LogP contribution in [0.3, 0.4) is 0 Å². The summed E-state index contributed by atoms with van der Waals surface area (Å²) in [4.78, 5) is 0. The van der Waals surface area contributed by atoms with Gasteiger partial charge >= 0.3 is 0 Å². The van der Waals surface area contributed by atoms with E-state index in [2.05, 4.69) is 42.5 Å². The maximum absolute atomic E-state index is 6.36. The van der Waals surface area contributed by atoms with E-state index in [1.54, 1.807) is 0 Å². The molecule has 0 radical (unpaired) electrons. The number of benzene rings is 2. The molecule has 19 heavy (non-hydrogen) atoms. The maximum atomic E-state index is 6.36. The fraction of sp³-hybridized carbons (Fsp3) is 0.176. The molecule has 0 bridgehead atoms. The summed E-state index contributed by atoms with van der Waals surface area (Å²) in [6.07, 6.45) is 6.27. The molecular formula is C17H18N2. The maximum Gasteiger partial charge on any atom is 0.0568 e. The second kappa shape index (κ2) is 4.90. The molecule has 2 aromatic rings. The predicted molar refractivity (Wildman–Crippen MR) is 80.5 cm³/mol. The van der Waals surface area contributed by atoms with E-state index in [9.17, 15) is 0 Å². The molecule has 0 amide bonds. The summed E-state index contributed by atoms with van der Waals surface area (Å²) < 4.78 is 0. The van der Waals surface area contributed by atoms with Crippen LogP contribution in [-0.4, -0.2) is 0 Å². The lowest BCUT2D eigenvalue weighted by Crippen LogP contribution is -2.19. The Morgan fingerprint density at radius 1 is 0.895 bits per heavy atom. The first-order chi connectivity index (χ1) is 9.25. The Labute approximate surface area is 113 Å². The van der Waals surface area contributed by atoms with E-state index in [0.29, 0.717) is 0 Å². The molecule has 4 N–H and O–H groups in total. The van der Waals surface area contributed by atoms with Gasteiger partial charge in [-0.05, 0) is 40.8 Å². The highest BCUT2D eigenvalue weighted by Gasteiger charge is 2.16. The van der Waals surface area contributed by atoms with Gasteiger partial charge in [-0.25, -0.2) is 0 Å². The van der Waals surface area contributed by atoms with E-state index in [1.807, 2.05) is 12.1 Å². The van der Waals surface area contributed by atoms with Gasteiger partial charge in [0, 0.05) is 5.70 Å². The second-order valence-corrected chi connectivity index (χ2v) is 4.98. The van der Waals surface area contributed by atoms with Crippen molar-refractivity contribution in [2.45, 2.75) is 18.9 Å². The van der Waals surface area contributed by atoms with Crippen LogP contribution in [0, 0.1) is 0 Å². The predicted octanol–water partition coefficient (Wildman–Crippen LogP) is 3.40. The Hall–Kier alpha value is -2.06. The Kier molecular flexibility index (Phi) is 3.10. The average molecular weight is 250 g/mol. The van der Waals surface area contributed by atoms with Crippen LogP contribution in [0.2, 0.25) is 0 Å². The van der Waals surface area contributed by atoms with Crippen LogP contribution in [-0.2, 0) is 0 Å². The van der Waals surface area contributed by atoms with Crippen LogP contribution in [0.4, 0.5) is 0 Å². The van der Waals surface area contributed by atoms with Crippen LogP contribution in [0.25, 0.3) is 10.8 Å². The molecule has 0 heterocycles. The van der Waals surface area contributed by atoms with Crippen LogP contribution >= 0.6 is 0 Å². The molecule has 96 valence electrons. The molecule has 1 aliphatic carbocycles. The third-order valence-electron chi connectivity index (χ3n) is 3.70. The summed E-state index contributed by atoms with van der Waals surface area (Å²) in [7, 11) is 0. The van der Waals surface area contributed by atoms with Gasteiger partial charge in [0.05, 0.1) is 6.04 Å². The largest absolute Gasteiger partial charge is 0.399 e. The minimum absolute atomic E-state index is 0.138. The van der Waals surface area contributed by atoms with Gasteiger partial charge in [-0.1, -0.05) is 48.6 Å². The lowest BCUT2D eigenvalue weighted by molar-refractivity contribution is 0.819. The molecule has 1 aliphatic rings. The van der Waals surface area contributed by atoms with Crippen molar-refractivity contribution in [3.8, 4) is 0 Å². The molecule has 2 nitrogen and oxygen atoms in total. The molecule has 1 unspecified atom stereocenters. The monoisotopic (exact) mass is 250 g/mol. The fourth-order valence-electron chi connectivity index (χ4n) is 2.60. The molecule has 1 atom stereocenters. The van der Waals surface area contributed by atoms with Gasteiger partial charge in [-0.3, -0.25) is 0 Å². The van der Waals surface area contributed by atoms with Crippen LogP contribution in [0.5, 0.6) is 0 Å². The zero-order valence-corrected chi connectivity index (χ0v) is 10.8. The highest BCUT2D eigenvalue weighted by Crippen LogP contribution is 2.28. The Balaban J connectivity index is 1.99. The van der Waals surface area contributed by atoms with E-state index in [1.165, 1.54) is 10.8 Å². The van der Waals surface area contributed by atoms with Gasteiger partial charge in [0.25, 0.3) is 0 Å². The summed E-state index contributed by atoms with van der Waals surface area (Å²) in [6.45, 7) is 0. The van der Waals surface area contributed by atoms with E-state index in [-0.39, 0.29) is 6.04 Å². The third kappa shape index (κ3) is 2.27. The number of fused-ring (bicyclic) bond motifs is 1. The number of allylic oxidation sites excluding steroid dienone is 2. The van der Waals surface area contributed by atoms with Gasteiger partial charge < -0.3 is 11.5 Å². The first-order valence-electron chi connectivity index (χ1n) is 6.66. The Morgan fingerprint density at radius 3 is 2.42 bits per heavy atom. The molecule has 0 saturated carbocycles. The fourth-order valence-corrected chi connectivity index (χ4v) is 2.60.